The van der Waals surface area contributed by atoms with Crippen molar-refractivity contribution in [2.45, 2.75) is 22.8 Å². The van der Waals surface area contributed by atoms with Gasteiger partial charge in [0.25, 0.3) is 5.60 Å². The van der Waals surface area contributed by atoms with Crippen LogP contribution in [-0.2, 0) is 15.6 Å². The van der Waals surface area contributed by atoms with Gasteiger partial charge in [0.2, 0.25) is 10.0 Å². The molecule has 4 heterocycles. The topological polar surface area (TPSA) is 128 Å². The van der Waals surface area contributed by atoms with Gasteiger partial charge >= 0.3 is 12.4 Å². The van der Waals surface area contributed by atoms with E-state index in [2.05, 4.69) is 15.0 Å². The highest BCUT2D eigenvalue weighted by molar-refractivity contribution is 7.89. The molecule has 0 radical (unpaired) electrons. The molecule has 41 heavy (non-hydrogen) atoms. The number of piperazine rings is 1. The zero-order valence-corrected chi connectivity index (χ0v) is 21.7. The van der Waals surface area contributed by atoms with Gasteiger partial charge in [0.05, 0.1) is 5.69 Å². The van der Waals surface area contributed by atoms with Gasteiger partial charge in [-0.2, -0.15) is 30.6 Å². The Morgan fingerprint density at radius 2 is 1.54 bits per heavy atom. The van der Waals surface area contributed by atoms with E-state index < -0.39 is 33.5 Å². The standard InChI is InChI=1S/C25H22F6N6O3S/c26-24(27,28)23(38,25(29,30)31)16-12-18(20-11-15-3-1-2-4-19(15)35-20)22(34-13-16)36-7-9-37(10-8-36)41(39,40)17-5-6-21(32)33-14-17/h1-6,11-14,35,38H,7-10H2,(H2,32,33). The fraction of sp³-hybridized carbons (Fsp3) is 0.280. The first kappa shape index (κ1) is 28.6. The Bertz CT molecular complexity index is 1630. The van der Waals surface area contributed by atoms with Crippen LogP contribution in [0.25, 0.3) is 22.2 Å². The minimum Gasteiger partial charge on any atom is -0.384 e. The number of nitrogens with two attached hydrogens (primary N) is 1. The van der Waals surface area contributed by atoms with Gasteiger partial charge in [-0.3, -0.25) is 0 Å². The first-order valence-corrected chi connectivity index (χ1v) is 13.5. The summed E-state index contributed by atoms with van der Waals surface area (Å²) < 4.78 is 109. The highest BCUT2D eigenvalue weighted by Gasteiger charge is 2.71. The normalized spacial score (nSPS) is 15.9. The molecular formula is C25H22F6N6O3S. The Kier molecular flexibility index (Phi) is 6.90. The lowest BCUT2D eigenvalue weighted by molar-refractivity contribution is -0.376. The number of halogens is 6. The summed E-state index contributed by atoms with van der Waals surface area (Å²) in [6, 6.07) is 11.6. The van der Waals surface area contributed by atoms with Gasteiger partial charge in [-0.1, -0.05) is 18.2 Å². The quantitative estimate of drug-likeness (QED) is 0.295. The smallest absolute Gasteiger partial charge is 0.384 e. The van der Waals surface area contributed by atoms with E-state index in [1.165, 1.54) is 22.5 Å². The summed E-state index contributed by atoms with van der Waals surface area (Å²) in [5.74, 6) is 0.147. The third-order valence-corrected chi connectivity index (χ3v) is 8.74. The number of fused-ring (bicyclic) bond motifs is 1. The molecule has 9 nitrogen and oxygen atoms in total. The zero-order chi connectivity index (χ0) is 29.8. The number of H-pyrrole nitrogens is 1. The van der Waals surface area contributed by atoms with Gasteiger partial charge < -0.3 is 20.7 Å². The number of rotatable bonds is 5. The Morgan fingerprint density at radius 1 is 0.878 bits per heavy atom. The van der Waals surface area contributed by atoms with Crippen molar-refractivity contribution < 1.29 is 39.9 Å². The van der Waals surface area contributed by atoms with Gasteiger partial charge in [0.15, 0.2) is 0 Å². The summed E-state index contributed by atoms with van der Waals surface area (Å²) in [5, 5.41) is 10.7. The van der Waals surface area contributed by atoms with Crippen LogP contribution in [0.15, 0.2) is 65.8 Å². The van der Waals surface area contributed by atoms with Gasteiger partial charge in [-0.15, -0.1) is 0 Å². The number of pyridine rings is 2. The summed E-state index contributed by atoms with van der Waals surface area (Å²) in [6.45, 7) is -0.0807. The zero-order valence-electron chi connectivity index (χ0n) is 20.9. The van der Waals surface area contributed by atoms with Gasteiger partial charge in [0.1, 0.15) is 16.5 Å². The number of para-hydroxylation sites is 1. The number of anilines is 2. The van der Waals surface area contributed by atoms with Gasteiger partial charge in [-0.25, -0.2) is 18.4 Å². The summed E-state index contributed by atoms with van der Waals surface area (Å²) in [5.41, 5.74) is -0.569. The van der Waals surface area contributed by atoms with E-state index in [1.807, 2.05) is 0 Å². The van der Waals surface area contributed by atoms with Crippen molar-refractivity contribution in [3.8, 4) is 11.3 Å². The highest BCUT2D eigenvalue weighted by atomic mass is 32.2. The van der Waals surface area contributed by atoms with Crippen LogP contribution in [0.1, 0.15) is 5.56 Å². The maximum atomic E-state index is 13.7. The number of nitrogen functional groups attached to an aromatic ring is 1. The predicted molar refractivity (Wildman–Crippen MR) is 137 cm³/mol. The average molecular weight is 601 g/mol. The second kappa shape index (κ2) is 9.88. The first-order valence-electron chi connectivity index (χ1n) is 12.0. The van der Waals surface area contributed by atoms with Crippen molar-refractivity contribution in [3.63, 3.8) is 0 Å². The molecule has 5 rings (SSSR count). The van der Waals surface area contributed by atoms with E-state index in [1.54, 1.807) is 29.2 Å². The molecule has 0 bridgehead atoms. The number of benzene rings is 1. The molecule has 1 fully saturated rings. The summed E-state index contributed by atoms with van der Waals surface area (Å²) in [4.78, 5) is 12.2. The number of nitrogens with one attached hydrogen (secondary N) is 1. The fourth-order valence-corrected chi connectivity index (χ4v) is 6.01. The van der Waals surface area contributed by atoms with Crippen LogP contribution in [0.3, 0.4) is 0 Å². The van der Waals surface area contributed by atoms with Crippen molar-refractivity contribution in [1.82, 2.24) is 19.3 Å². The van der Waals surface area contributed by atoms with Crippen molar-refractivity contribution in [2.24, 2.45) is 0 Å². The summed E-state index contributed by atoms with van der Waals surface area (Å²) >= 11 is 0. The van der Waals surface area contributed by atoms with Crippen molar-refractivity contribution in [3.05, 3.63) is 66.5 Å². The molecule has 1 saturated heterocycles. The highest BCUT2D eigenvalue weighted by Crippen LogP contribution is 2.51. The number of aromatic nitrogens is 3. The molecule has 218 valence electrons. The minimum absolute atomic E-state index is 0.0122. The lowest BCUT2D eigenvalue weighted by Crippen LogP contribution is -2.54. The molecule has 0 saturated carbocycles. The van der Waals surface area contributed by atoms with E-state index in [9.17, 15) is 39.9 Å². The number of aliphatic hydroxyl groups is 1. The maximum absolute atomic E-state index is 13.7. The van der Waals surface area contributed by atoms with Gasteiger partial charge in [-0.05, 0) is 30.3 Å². The minimum atomic E-state index is -6.09. The molecule has 0 atom stereocenters. The van der Waals surface area contributed by atoms with Crippen LogP contribution in [0.4, 0.5) is 38.0 Å². The molecule has 0 aliphatic carbocycles. The molecule has 16 heteroatoms. The van der Waals surface area contributed by atoms with E-state index in [0.29, 0.717) is 23.2 Å². The van der Waals surface area contributed by atoms with Crippen LogP contribution >= 0.6 is 0 Å². The summed E-state index contributed by atoms with van der Waals surface area (Å²) in [7, 11) is -3.94. The molecule has 4 N–H and O–H groups in total. The van der Waals surface area contributed by atoms with Crippen LogP contribution in [-0.4, -0.2) is 71.3 Å². The number of sulfonamides is 1. The molecule has 0 amide bonds. The number of alkyl halides is 6. The van der Waals surface area contributed by atoms with E-state index in [-0.39, 0.29) is 54.0 Å². The lowest BCUT2D eigenvalue weighted by atomic mass is 9.92. The average Bonchev–Trinajstić information content (AvgIpc) is 3.36. The molecule has 1 aliphatic heterocycles. The third kappa shape index (κ3) is 4.95. The predicted octanol–water partition coefficient (Wildman–Crippen LogP) is 4.03. The molecule has 1 aliphatic rings. The molecule has 3 aromatic heterocycles. The number of hydrogen-bond acceptors (Lipinski definition) is 7. The Hall–Kier alpha value is -3.89. The van der Waals surface area contributed by atoms with Crippen LogP contribution < -0.4 is 10.6 Å². The van der Waals surface area contributed by atoms with E-state index in [0.717, 1.165) is 6.20 Å². The maximum Gasteiger partial charge on any atom is 0.430 e. The van der Waals surface area contributed by atoms with E-state index in [4.69, 9.17) is 5.73 Å². The monoisotopic (exact) mass is 600 g/mol. The third-order valence-electron chi connectivity index (χ3n) is 6.86. The van der Waals surface area contributed by atoms with Crippen LogP contribution in [0.5, 0.6) is 0 Å². The van der Waals surface area contributed by atoms with Crippen LogP contribution in [0, 0.1) is 0 Å². The number of aromatic amines is 1. The second-order valence-corrected chi connectivity index (χ2v) is 11.3. The lowest BCUT2D eigenvalue weighted by Gasteiger charge is -2.36. The van der Waals surface area contributed by atoms with Crippen molar-refractivity contribution >= 4 is 32.6 Å². The van der Waals surface area contributed by atoms with Gasteiger partial charge in [0, 0.05) is 60.6 Å². The molecule has 1 aromatic carbocycles. The second-order valence-electron chi connectivity index (χ2n) is 9.38. The Balaban J connectivity index is 1.54. The largest absolute Gasteiger partial charge is 0.430 e. The molecule has 0 unspecified atom stereocenters. The Morgan fingerprint density at radius 3 is 2.12 bits per heavy atom. The fourth-order valence-electron chi connectivity index (χ4n) is 4.65. The van der Waals surface area contributed by atoms with Crippen molar-refractivity contribution in [1.29, 1.82) is 0 Å². The van der Waals surface area contributed by atoms with Crippen LogP contribution in [0.2, 0.25) is 0 Å². The number of nitrogens with zero attached hydrogens (tertiary/aromatic N) is 4. The molecule has 4 aromatic rings. The molecule has 0 spiro atoms. The summed E-state index contributed by atoms with van der Waals surface area (Å²) in [6.07, 6.45) is -10.7. The SMILES string of the molecule is Nc1ccc(S(=O)(=O)N2CCN(c3ncc(C(O)(C(F)(F)F)C(F)(F)F)cc3-c3cc4ccccc4[nH]3)CC2)cn1. The van der Waals surface area contributed by atoms with E-state index >= 15 is 0 Å². The Labute approximate surface area is 229 Å². The van der Waals surface area contributed by atoms with Crippen molar-refractivity contribution in [2.75, 3.05) is 36.8 Å². The number of hydrogen-bond donors (Lipinski definition) is 3. The molecular weight excluding hydrogens is 578 g/mol. The first-order chi connectivity index (χ1) is 19.1.